The molecule has 2 heterocycles. The van der Waals surface area contributed by atoms with E-state index in [2.05, 4.69) is 37.1 Å². The molecule has 1 fully saturated rings. The average molecular weight is 392 g/mol. The first-order valence-corrected chi connectivity index (χ1v) is 10.4. The normalized spacial score (nSPS) is 30.3. The minimum atomic E-state index is -0.917. The number of aromatic nitrogens is 1. The van der Waals surface area contributed by atoms with Crippen molar-refractivity contribution < 1.29 is 9.90 Å². The fraction of sp³-hybridized carbons (Fsp3) is 0.500. The number of ketones is 1. The molecule has 5 nitrogen and oxygen atoms in total. The van der Waals surface area contributed by atoms with Crippen LogP contribution in [0.3, 0.4) is 0 Å². The molecule has 1 saturated heterocycles. The Labute approximate surface area is 171 Å². The molecule has 2 aromatic rings. The Kier molecular flexibility index (Phi) is 3.81. The number of rotatable bonds is 1. The molecule has 1 aromatic heterocycles. The third-order valence-corrected chi connectivity index (χ3v) is 7.94. The molecule has 5 rings (SSSR count). The number of carbonyl (C=O) groups is 1. The van der Waals surface area contributed by atoms with Gasteiger partial charge in [-0.05, 0) is 63.0 Å². The molecule has 0 spiro atoms. The van der Waals surface area contributed by atoms with E-state index in [4.69, 9.17) is 0 Å². The number of Topliss-reactive ketones (excluding diaryl/α,β-unsaturated/α-hetero) is 1. The molecule has 0 saturated carbocycles. The van der Waals surface area contributed by atoms with Gasteiger partial charge in [-0.3, -0.25) is 9.59 Å². The second-order valence-corrected chi connectivity index (χ2v) is 9.42. The van der Waals surface area contributed by atoms with E-state index in [0.29, 0.717) is 12.8 Å². The van der Waals surface area contributed by atoms with Gasteiger partial charge < -0.3 is 14.6 Å². The third kappa shape index (κ3) is 2.29. The van der Waals surface area contributed by atoms with Gasteiger partial charge in [0.2, 0.25) is 0 Å². The fourth-order valence-electron chi connectivity index (χ4n) is 6.31. The van der Waals surface area contributed by atoms with Crippen LogP contribution in [0.4, 0.5) is 0 Å². The minimum absolute atomic E-state index is 0.0256. The number of likely N-dealkylation sites (N-methyl/N-ethyl adjacent to an activating group) is 1. The van der Waals surface area contributed by atoms with E-state index in [1.54, 1.807) is 17.7 Å². The standard InChI is InChI=1S/C24H28N2O3/c1-14-5-6-16-11-21-24(29)12-17-10-18(15(2)27)22(28)26(4)20(17)13-23(24,19(16)9-14)7-8-25(21)3/h5-6,9-10,21,29H,7-8,11-13H2,1-4H3/t21-,23-,24-/m1/s1. The Balaban J connectivity index is 1.80. The van der Waals surface area contributed by atoms with Gasteiger partial charge in [0.05, 0.1) is 11.2 Å². The van der Waals surface area contributed by atoms with Gasteiger partial charge in [-0.1, -0.05) is 23.8 Å². The van der Waals surface area contributed by atoms with Gasteiger partial charge in [-0.15, -0.1) is 0 Å². The molecule has 1 aliphatic heterocycles. The summed E-state index contributed by atoms with van der Waals surface area (Å²) in [4.78, 5) is 27.1. The summed E-state index contributed by atoms with van der Waals surface area (Å²) in [5, 5.41) is 12.3. The van der Waals surface area contributed by atoms with Crippen molar-refractivity contribution in [1.82, 2.24) is 9.47 Å². The first kappa shape index (κ1) is 18.8. The summed E-state index contributed by atoms with van der Waals surface area (Å²) in [7, 11) is 3.87. The van der Waals surface area contributed by atoms with Crippen molar-refractivity contribution in [2.45, 2.75) is 56.6 Å². The van der Waals surface area contributed by atoms with Crippen LogP contribution in [0.15, 0.2) is 29.1 Å². The summed E-state index contributed by atoms with van der Waals surface area (Å²) in [6.07, 6.45) is 2.78. The maximum Gasteiger partial charge on any atom is 0.261 e. The van der Waals surface area contributed by atoms with Crippen LogP contribution < -0.4 is 5.56 Å². The number of piperidine rings is 1. The van der Waals surface area contributed by atoms with Crippen LogP contribution in [0.1, 0.15) is 51.7 Å². The van der Waals surface area contributed by atoms with Crippen LogP contribution in [0.5, 0.6) is 0 Å². The first-order chi connectivity index (χ1) is 13.7. The predicted octanol–water partition coefficient (Wildman–Crippen LogP) is 1.92. The molecular weight excluding hydrogens is 364 g/mol. The summed E-state index contributed by atoms with van der Waals surface area (Å²) in [5.74, 6) is -0.220. The van der Waals surface area contributed by atoms with Crippen LogP contribution in [0.25, 0.3) is 0 Å². The number of likely N-dealkylation sites (tertiary alicyclic amines) is 1. The largest absolute Gasteiger partial charge is 0.387 e. The van der Waals surface area contributed by atoms with Crippen LogP contribution in [0, 0.1) is 6.92 Å². The number of aryl methyl sites for hydroxylation is 1. The zero-order chi connectivity index (χ0) is 20.7. The lowest BCUT2D eigenvalue weighted by molar-refractivity contribution is -0.145. The number of benzene rings is 1. The Bertz CT molecular complexity index is 1120. The first-order valence-electron chi connectivity index (χ1n) is 10.4. The smallest absolute Gasteiger partial charge is 0.261 e. The fourth-order valence-corrected chi connectivity index (χ4v) is 6.31. The SMILES string of the molecule is CC(=O)c1cc2c(n(C)c1=O)C[C@]13CCN(C)[C@H](Cc4ccc(C)cc41)[C@]3(O)C2. The number of hydrogen-bond acceptors (Lipinski definition) is 4. The van der Waals surface area contributed by atoms with E-state index in [1.807, 2.05) is 0 Å². The van der Waals surface area contributed by atoms with E-state index in [9.17, 15) is 14.7 Å². The van der Waals surface area contributed by atoms with Gasteiger partial charge in [0.25, 0.3) is 5.56 Å². The van der Waals surface area contributed by atoms with Gasteiger partial charge in [-0.25, -0.2) is 0 Å². The van der Waals surface area contributed by atoms with Gasteiger partial charge in [0.1, 0.15) is 0 Å². The van der Waals surface area contributed by atoms with Crippen LogP contribution >= 0.6 is 0 Å². The summed E-state index contributed by atoms with van der Waals surface area (Å²) in [6, 6.07) is 8.38. The van der Waals surface area contributed by atoms with Gasteiger partial charge in [-0.2, -0.15) is 0 Å². The lowest BCUT2D eigenvalue weighted by Gasteiger charge is -2.63. The highest BCUT2D eigenvalue weighted by molar-refractivity contribution is 5.94. The zero-order valence-electron chi connectivity index (χ0n) is 17.6. The van der Waals surface area contributed by atoms with Gasteiger partial charge >= 0.3 is 0 Å². The second kappa shape index (κ2) is 5.89. The molecular formula is C24H28N2O3. The molecule has 0 amide bonds. The number of pyridine rings is 1. The summed E-state index contributed by atoms with van der Waals surface area (Å²) in [5.41, 5.74) is 4.32. The molecule has 2 bridgehead atoms. The maximum absolute atomic E-state index is 12.8. The monoisotopic (exact) mass is 392 g/mol. The Hall–Kier alpha value is -2.24. The average Bonchev–Trinajstić information content (AvgIpc) is 2.66. The van der Waals surface area contributed by atoms with Crippen molar-refractivity contribution in [2.24, 2.45) is 7.05 Å². The Morgan fingerprint density at radius 2 is 1.93 bits per heavy atom. The number of hydrogen-bond donors (Lipinski definition) is 1. The van der Waals surface area contributed by atoms with Crippen LogP contribution in [0.2, 0.25) is 0 Å². The molecule has 3 atom stereocenters. The van der Waals surface area contributed by atoms with Crippen molar-refractivity contribution >= 4 is 5.78 Å². The molecule has 1 N–H and O–H groups in total. The molecule has 29 heavy (non-hydrogen) atoms. The molecule has 5 heteroatoms. The van der Waals surface area contributed by atoms with E-state index in [0.717, 1.165) is 30.6 Å². The second-order valence-electron chi connectivity index (χ2n) is 9.42. The van der Waals surface area contributed by atoms with Crippen molar-refractivity contribution in [3.05, 3.63) is 68.1 Å². The van der Waals surface area contributed by atoms with E-state index < -0.39 is 11.0 Å². The predicted molar refractivity (Wildman–Crippen MR) is 112 cm³/mol. The number of nitrogens with zero attached hydrogens (tertiary/aromatic N) is 2. The van der Waals surface area contributed by atoms with Crippen molar-refractivity contribution in [2.75, 3.05) is 13.6 Å². The van der Waals surface area contributed by atoms with Crippen LogP contribution in [-0.4, -0.2) is 45.6 Å². The molecule has 152 valence electrons. The van der Waals surface area contributed by atoms with Gasteiger partial charge in [0, 0.05) is 37.0 Å². The zero-order valence-corrected chi connectivity index (χ0v) is 17.6. The van der Waals surface area contributed by atoms with Crippen molar-refractivity contribution in [3.8, 4) is 0 Å². The highest BCUT2D eigenvalue weighted by Gasteiger charge is 2.64. The minimum Gasteiger partial charge on any atom is -0.387 e. The summed E-state index contributed by atoms with van der Waals surface area (Å²) in [6.45, 7) is 4.46. The molecule has 2 aliphatic carbocycles. The van der Waals surface area contributed by atoms with Crippen molar-refractivity contribution in [1.29, 1.82) is 0 Å². The van der Waals surface area contributed by atoms with Crippen LogP contribution in [-0.2, 0) is 31.7 Å². The maximum atomic E-state index is 12.8. The summed E-state index contributed by atoms with van der Waals surface area (Å²) < 4.78 is 1.65. The number of fused-ring (bicyclic) bond motifs is 2. The lowest BCUT2D eigenvalue weighted by atomic mass is 9.49. The topological polar surface area (TPSA) is 62.5 Å². The highest BCUT2D eigenvalue weighted by Crippen LogP contribution is 2.56. The molecule has 3 aliphatic rings. The van der Waals surface area contributed by atoms with Gasteiger partial charge in [0.15, 0.2) is 5.78 Å². The van der Waals surface area contributed by atoms with E-state index in [-0.39, 0.29) is 22.9 Å². The third-order valence-electron chi connectivity index (χ3n) is 7.94. The van der Waals surface area contributed by atoms with E-state index in [1.165, 1.54) is 23.6 Å². The summed E-state index contributed by atoms with van der Waals surface area (Å²) >= 11 is 0. The van der Waals surface area contributed by atoms with E-state index >= 15 is 0 Å². The Morgan fingerprint density at radius 1 is 1.17 bits per heavy atom. The molecule has 0 radical (unpaired) electrons. The molecule has 1 aromatic carbocycles. The quantitative estimate of drug-likeness (QED) is 0.754. The van der Waals surface area contributed by atoms with Crippen molar-refractivity contribution in [3.63, 3.8) is 0 Å². The lowest BCUT2D eigenvalue weighted by Crippen LogP contribution is -2.73. The molecule has 0 unspecified atom stereocenters. The number of aliphatic hydroxyl groups is 1. The number of carbonyl (C=O) groups excluding carboxylic acids is 1. The highest BCUT2D eigenvalue weighted by atomic mass is 16.3. The Morgan fingerprint density at radius 3 is 2.66 bits per heavy atom.